The van der Waals surface area contributed by atoms with Crippen LogP contribution < -0.4 is 15.2 Å². The monoisotopic (exact) mass is 235 g/mol. The zero-order chi connectivity index (χ0) is 12.1. The number of unbranched alkanes of at least 4 members (excludes halogenated alkanes) is 3. The molecule has 1 aromatic rings. The second kappa shape index (κ2) is 5.92. The van der Waals surface area contributed by atoms with E-state index in [9.17, 15) is 0 Å². The number of hydrogen-bond acceptors (Lipinski definition) is 3. The van der Waals surface area contributed by atoms with Gasteiger partial charge in [0.05, 0.1) is 12.6 Å². The molecule has 2 N–H and O–H groups in total. The van der Waals surface area contributed by atoms with Crippen LogP contribution in [0, 0.1) is 0 Å². The Balaban J connectivity index is 1.82. The van der Waals surface area contributed by atoms with Gasteiger partial charge in [-0.3, -0.25) is 0 Å². The zero-order valence-corrected chi connectivity index (χ0v) is 10.4. The fourth-order valence-corrected chi connectivity index (χ4v) is 2.02. The Hall–Kier alpha value is -1.22. The lowest BCUT2D eigenvalue weighted by atomic mass is 10.1. The van der Waals surface area contributed by atoms with Gasteiger partial charge in [-0.1, -0.05) is 26.2 Å². The van der Waals surface area contributed by atoms with Gasteiger partial charge in [-0.25, -0.2) is 0 Å². The van der Waals surface area contributed by atoms with Gasteiger partial charge in [0.2, 0.25) is 0 Å². The summed E-state index contributed by atoms with van der Waals surface area (Å²) in [5, 5.41) is 0. The highest BCUT2D eigenvalue weighted by Gasteiger charge is 2.20. The summed E-state index contributed by atoms with van der Waals surface area (Å²) in [5.41, 5.74) is 6.97. The quantitative estimate of drug-likeness (QED) is 0.771. The molecule has 1 aromatic carbocycles. The maximum absolute atomic E-state index is 5.89. The smallest absolute Gasteiger partial charge is 0.127 e. The largest absolute Gasteiger partial charge is 0.493 e. The van der Waals surface area contributed by atoms with Crippen molar-refractivity contribution in [3.63, 3.8) is 0 Å². The van der Waals surface area contributed by atoms with Crippen molar-refractivity contribution < 1.29 is 9.47 Å². The minimum Gasteiger partial charge on any atom is -0.493 e. The van der Waals surface area contributed by atoms with Crippen LogP contribution in [0.15, 0.2) is 18.2 Å². The van der Waals surface area contributed by atoms with E-state index in [0.29, 0.717) is 6.61 Å². The van der Waals surface area contributed by atoms with Crippen LogP contribution in [0.3, 0.4) is 0 Å². The summed E-state index contributed by atoms with van der Waals surface area (Å²) in [7, 11) is 0. The van der Waals surface area contributed by atoms with Crippen molar-refractivity contribution in [2.45, 2.75) is 38.6 Å². The van der Waals surface area contributed by atoms with E-state index >= 15 is 0 Å². The van der Waals surface area contributed by atoms with Crippen LogP contribution in [0.25, 0.3) is 0 Å². The first-order chi connectivity index (χ1) is 8.31. The number of nitrogens with two attached hydrogens (primary N) is 1. The maximum atomic E-state index is 5.89. The summed E-state index contributed by atoms with van der Waals surface area (Å²) in [6.45, 7) is 3.57. The Kier molecular flexibility index (Phi) is 4.26. The lowest BCUT2D eigenvalue weighted by molar-refractivity contribution is 0.300. The van der Waals surface area contributed by atoms with E-state index in [-0.39, 0.29) is 6.04 Å². The van der Waals surface area contributed by atoms with Crippen LogP contribution in [0.4, 0.5) is 0 Å². The molecular formula is C14H21NO2. The summed E-state index contributed by atoms with van der Waals surface area (Å²) in [5.74, 6) is 1.76. The predicted octanol–water partition coefficient (Wildman–Crippen LogP) is 3.04. The molecule has 0 fully saturated rings. The van der Waals surface area contributed by atoms with Gasteiger partial charge >= 0.3 is 0 Å². The minimum absolute atomic E-state index is 0.0172. The second-order valence-electron chi connectivity index (χ2n) is 4.53. The SMILES string of the molecule is CCCCCCOc1ccc2c(c1)OCC2N. The first kappa shape index (κ1) is 12.2. The second-order valence-corrected chi connectivity index (χ2v) is 4.53. The molecule has 1 unspecified atom stereocenters. The molecule has 0 bridgehead atoms. The highest BCUT2D eigenvalue weighted by Crippen LogP contribution is 2.33. The van der Waals surface area contributed by atoms with Gasteiger partial charge in [0.25, 0.3) is 0 Å². The molecular weight excluding hydrogens is 214 g/mol. The van der Waals surface area contributed by atoms with E-state index < -0.39 is 0 Å². The van der Waals surface area contributed by atoms with Gasteiger partial charge < -0.3 is 15.2 Å². The number of fused-ring (bicyclic) bond motifs is 1. The van der Waals surface area contributed by atoms with Crippen LogP contribution in [0.1, 0.15) is 44.2 Å². The average Bonchev–Trinajstić information content (AvgIpc) is 2.71. The third-order valence-corrected chi connectivity index (χ3v) is 3.07. The van der Waals surface area contributed by atoms with E-state index in [1.54, 1.807) is 0 Å². The summed E-state index contributed by atoms with van der Waals surface area (Å²) in [6, 6.07) is 5.95. The lowest BCUT2D eigenvalue weighted by Gasteiger charge is -2.07. The van der Waals surface area contributed by atoms with Gasteiger partial charge in [0, 0.05) is 11.6 Å². The average molecular weight is 235 g/mol. The lowest BCUT2D eigenvalue weighted by Crippen LogP contribution is -2.10. The van der Waals surface area contributed by atoms with Gasteiger partial charge in [0.15, 0.2) is 0 Å². The predicted molar refractivity (Wildman–Crippen MR) is 68.5 cm³/mol. The molecule has 94 valence electrons. The molecule has 17 heavy (non-hydrogen) atoms. The summed E-state index contributed by atoms with van der Waals surface area (Å²) in [4.78, 5) is 0. The van der Waals surface area contributed by atoms with Crippen LogP contribution in [0.5, 0.6) is 11.5 Å². The Bertz CT molecular complexity index is 365. The number of rotatable bonds is 6. The fraction of sp³-hybridized carbons (Fsp3) is 0.571. The van der Waals surface area contributed by atoms with Gasteiger partial charge in [0.1, 0.15) is 18.1 Å². The van der Waals surface area contributed by atoms with Crippen LogP contribution in [0.2, 0.25) is 0 Å². The molecule has 0 saturated heterocycles. The molecule has 0 spiro atoms. The third kappa shape index (κ3) is 3.13. The zero-order valence-electron chi connectivity index (χ0n) is 10.4. The summed E-state index contributed by atoms with van der Waals surface area (Å²) in [6.07, 6.45) is 4.89. The minimum atomic E-state index is 0.0172. The van der Waals surface area contributed by atoms with Crippen molar-refractivity contribution in [2.75, 3.05) is 13.2 Å². The molecule has 0 amide bonds. The number of benzene rings is 1. The van der Waals surface area contributed by atoms with E-state index in [1.165, 1.54) is 19.3 Å². The normalized spacial score (nSPS) is 17.6. The molecule has 1 heterocycles. The van der Waals surface area contributed by atoms with Crippen molar-refractivity contribution in [3.8, 4) is 11.5 Å². The highest BCUT2D eigenvalue weighted by molar-refractivity contribution is 5.44. The van der Waals surface area contributed by atoms with Gasteiger partial charge in [-0.2, -0.15) is 0 Å². The van der Waals surface area contributed by atoms with Crippen LogP contribution >= 0.6 is 0 Å². The third-order valence-electron chi connectivity index (χ3n) is 3.07. The van der Waals surface area contributed by atoms with Crippen molar-refractivity contribution in [2.24, 2.45) is 5.73 Å². The first-order valence-corrected chi connectivity index (χ1v) is 6.46. The molecule has 3 heteroatoms. The van der Waals surface area contributed by atoms with Crippen LogP contribution in [-0.4, -0.2) is 13.2 Å². The van der Waals surface area contributed by atoms with Crippen LogP contribution in [-0.2, 0) is 0 Å². The number of ether oxygens (including phenoxy) is 2. The molecule has 0 aromatic heterocycles. The topological polar surface area (TPSA) is 44.5 Å². The molecule has 0 radical (unpaired) electrons. The molecule has 2 rings (SSSR count). The Morgan fingerprint density at radius 3 is 3.06 bits per heavy atom. The standard InChI is InChI=1S/C14H21NO2/c1-2-3-4-5-8-16-11-6-7-12-13(15)10-17-14(12)9-11/h6-7,9,13H,2-5,8,10,15H2,1H3. The van der Waals surface area contributed by atoms with E-state index in [4.69, 9.17) is 15.2 Å². The molecule has 1 aliphatic heterocycles. The molecule has 1 aliphatic rings. The molecule has 1 atom stereocenters. The Morgan fingerprint density at radius 2 is 2.24 bits per heavy atom. The van der Waals surface area contributed by atoms with E-state index in [2.05, 4.69) is 6.92 Å². The van der Waals surface area contributed by atoms with E-state index in [1.807, 2.05) is 18.2 Å². The van der Waals surface area contributed by atoms with Gasteiger partial charge in [-0.15, -0.1) is 0 Å². The summed E-state index contributed by atoms with van der Waals surface area (Å²) < 4.78 is 11.2. The van der Waals surface area contributed by atoms with Crippen molar-refractivity contribution >= 4 is 0 Å². The van der Waals surface area contributed by atoms with Crippen molar-refractivity contribution in [3.05, 3.63) is 23.8 Å². The highest BCUT2D eigenvalue weighted by atomic mass is 16.5. The van der Waals surface area contributed by atoms with E-state index in [0.717, 1.165) is 30.1 Å². The molecule has 0 saturated carbocycles. The summed E-state index contributed by atoms with van der Waals surface area (Å²) >= 11 is 0. The molecule has 0 aliphatic carbocycles. The van der Waals surface area contributed by atoms with Crippen molar-refractivity contribution in [1.82, 2.24) is 0 Å². The van der Waals surface area contributed by atoms with Crippen molar-refractivity contribution in [1.29, 1.82) is 0 Å². The van der Waals surface area contributed by atoms with Gasteiger partial charge in [-0.05, 0) is 18.6 Å². The fourth-order valence-electron chi connectivity index (χ4n) is 2.02. The molecule has 3 nitrogen and oxygen atoms in total. The Morgan fingerprint density at radius 1 is 1.35 bits per heavy atom. The number of hydrogen-bond donors (Lipinski definition) is 1. The Labute approximate surface area is 103 Å². The first-order valence-electron chi connectivity index (χ1n) is 6.46. The maximum Gasteiger partial charge on any atom is 0.127 e.